The molecule has 0 fully saturated rings. The number of guanidine groups is 2. The number of aliphatic imine (C=N–C) groups is 1. The summed E-state index contributed by atoms with van der Waals surface area (Å²) < 4.78 is 0. The minimum atomic E-state index is -0.0819. The van der Waals surface area contributed by atoms with Crippen LogP contribution in [0.5, 0.6) is 0 Å². The molecule has 84 valence electrons. The van der Waals surface area contributed by atoms with Gasteiger partial charge in [-0.25, -0.2) is 0 Å². The zero-order valence-electron chi connectivity index (χ0n) is 9.14. The van der Waals surface area contributed by atoms with E-state index in [1.165, 1.54) is 5.56 Å². The summed E-state index contributed by atoms with van der Waals surface area (Å²) in [6.07, 6.45) is 0.915. The number of hydrogen-bond acceptors (Lipinski definition) is 1. The Bertz CT molecular complexity index is 447. The Hall–Kier alpha value is -2.04. The van der Waals surface area contributed by atoms with E-state index in [2.05, 4.69) is 18.0 Å². The first-order valence-corrected chi connectivity index (χ1v) is 5.15. The maximum absolute atomic E-state index is 7.86. The van der Waals surface area contributed by atoms with Crippen LogP contribution in [0.15, 0.2) is 29.3 Å². The van der Waals surface area contributed by atoms with Crippen LogP contribution in [0.1, 0.15) is 12.5 Å². The van der Waals surface area contributed by atoms with Crippen LogP contribution in [-0.2, 0) is 6.42 Å². The lowest BCUT2D eigenvalue weighted by Crippen LogP contribution is -2.36. The zero-order chi connectivity index (χ0) is 11.7. The molecule has 1 heterocycles. The van der Waals surface area contributed by atoms with E-state index in [1.807, 2.05) is 23.1 Å². The van der Waals surface area contributed by atoms with Gasteiger partial charge in [0.15, 0.2) is 5.96 Å². The molecule has 16 heavy (non-hydrogen) atoms. The molecule has 0 bridgehead atoms. The van der Waals surface area contributed by atoms with Gasteiger partial charge >= 0.3 is 0 Å². The standard InChI is InChI=1S/C11H15N5/c1-7-6-8-4-2-3-5-9(8)16(7)11(14)15-10(12)13/h2-5,7H,6H2,1H3,(H5,12,13,14,15)/t7-/m0/s1. The molecule has 0 amide bonds. The van der Waals surface area contributed by atoms with E-state index in [9.17, 15) is 0 Å². The molecule has 1 aromatic rings. The Morgan fingerprint density at radius 3 is 2.81 bits per heavy atom. The second-order valence-corrected chi connectivity index (χ2v) is 3.91. The van der Waals surface area contributed by atoms with Crippen LogP contribution in [-0.4, -0.2) is 18.0 Å². The Balaban J connectivity index is 2.36. The molecule has 2 rings (SSSR count). The fraction of sp³-hybridized carbons (Fsp3) is 0.273. The lowest BCUT2D eigenvalue weighted by Gasteiger charge is -2.22. The molecule has 5 heteroatoms. The number of hydrogen-bond donors (Lipinski definition) is 3. The Morgan fingerprint density at radius 2 is 2.12 bits per heavy atom. The van der Waals surface area contributed by atoms with Gasteiger partial charge in [-0.15, -0.1) is 0 Å². The largest absolute Gasteiger partial charge is 0.370 e. The number of benzene rings is 1. The van der Waals surface area contributed by atoms with Gasteiger partial charge in [-0.3, -0.25) is 5.41 Å². The van der Waals surface area contributed by atoms with Gasteiger partial charge in [0.2, 0.25) is 5.96 Å². The monoisotopic (exact) mass is 217 g/mol. The van der Waals surface area contributed by atoms with Crippen molar-refractivity contribution in [3.63, 3.8) is 0 Å². The molecular weight excluding hydrogens is 202 g/mol. The first-order valence-electron chi connectivity index (χ1n) is 5.15. The molecule has 0 aliphatic carbocycles. The summed E-state index contributed by atoms with van der Waals surface area (Å²) in [5, 5.41) is 7.86. The lowest BCUT2D eigenvalue weighted by atomic mass is 10.1. The molecular formula is C11H15N5. The van der Waals surface area contributed by atoms with Crippen LogP contribution in [0.4, 0.5) is 5.69 Å². The van der Waals surface area contributed by atoms with Gasteiger partial charge in [0.25, 0.3) is 0 Å². The van der Waals surface area contributed by atoms with Crippen LogP contribution in [0, 0.1) is 5.41 Å². The number of para-hydroxylation sites is 1. The van der Waals surface area contributed by atoms with Crippen molar-refractivity contribution in [3.05, 3.63) is 29.8 Å². The van der Waals surface area contributed by atoms with Crippen LogP contribution < -0.4 is 16.4 Å². The molecule has 1 atom stereocenters. The zero-order valence-corrected chi connectivity index (χ0v) is 9.14. The van der Waals surface area contributed by atoms with Crippen molar-refractivity contribution in [2.45, 2.75) is 19.4 Å². The summed E-state index contributed by atoms with van der Waals surface area (Å²) in [6, 6.07) is 8.21. The van der Waals surface area contributed by atoms with Gasteiger partial charge in [0.05, 0.1) is 0 Å². The highest BCUT2D eigenvalue weighted by atomic mass is 15.3. The van der Waals surface area contributed by atoms with Crippen molar-refractivity contribution in [2.75, 3.05) is 4.90 Å². The first kappa shape index (κ1) is 10.5. The topological polar surface area (TPSA) is 91.5 Å². The lowest BCUT2D eigenvalue weighted by molar-refractivity contribution is 0.767. The third kappa shape index (κ3) is 1.71. The summed E-state index contributed by atoms with van der Waals surface area (Å²) in [5.41, 5.74) is 12.8. The van der Waals surface area contributed by atoms with Gasteiger partial charge < -0.3 is 16.4 Å². The van der Waals surface area contributed by atoms with E-state index < -0.39 is 0 Å². The molecule has 0 aromatic heterocycles. The highest BCUT2D eigenvalue weighted by Crippen LogP contribution is 2.31. The predicted molar refractivity (Wildman–Crippen MR) is 65.6 cm³/mol. The number of nitrogens with two attached hydrogens (primary N) is 2. The normalized spacial score (nSPS) is 18.1. The molecule has 1 aliphatic heterocycles. The van der Waals surface area contributed by atoms with Crippen molar-refractivity contribution in [1.82, 2.24) is 0 Å². The number of anilines is 1. The molecule has 5 nitrogen and oxygen atoms in total. The smallest absolute Gasteiger partial charge is 0.225 e. The summed E-state index contributed by atoms with van der Waals surface area (Å²) in [6.45, 7) is 2.05. The third-order valence-corrected chi connectivity index (χ3v) is 2.67. The van der Waals surface area contributed by atoms with Crippen molar-refractivity contribution < 1.29 is 0 Å². The molecule has 1 aromatic carbocycles. The average Bonchev–Trinajstić information content (AvgIpc) is 2.52. The number of nitrogens with one attached hydrogen (secondary N) is 1. The van der Waals surface area contributed by atoms with Crippen LogP contribution >= 0.6 is 0 Å². The highest BCUT2D eigenvalue weighted by molar-refractivity contribution is 6.02. The fourth-order valence-corrected chi connectivity index (χ4v) is 2.06. The number of nitrogens with zero attached hydrogens (tertiary/aromatic N) is 2. The van der Waals surface area contributed by atoms with Crippen molar-refractivity contribution in [2.24, 2.45) is 16.5 Å². The highest BCUT2D eigenvalue weighted by Gasteiger charge is 2.28. The van der Waals surface area contributed by atoms with Gasteiger partial charge in [0, 0.05) is 11.7 Å². The van der Waals surface area contributed by atoms with Crippen LogP contribution in [0.2, 0.25) is 0 Å². The quantitative estimate of drug-likeness (QED) is 0.440. The van der Waals surface area contributed by atoms with Crippen molar-refractivity contribution in [1.29, 1.82) is 5.41 Å². The predicted octanol–water partition coefficient (Wildman–Crippen LogP) is 0.646. The summed E-state index contributed by atoms with van der Waals surface area (Å²) in [4.78, 5) is 5.63. The van der Waals surface area contributed by atoms with Gasteiger partial charge in [0.1, 0.15) is 0 Å². The van der Waals surface area contributed by atoms with E-state index >= 15 is 0 Å². The fourth-order valence-electron chi connectivity index (χ4n) is 2.06. The Morgan fingerprint density at radius 1 is 1.44 bits per heavy atom. The molecule has 5 N–H and O–H groups in total. The summed E-state index contributed by atoms with van der Waals surface area (Å²) in [5.74, 6) is 0.0130. The third-order valence-electron chi connectivity index (χ3n) is 2.67. The average molecular weight is 217 g/mol. The van der Waals surface area contributed by atoms with Gasteiger partial charge in [-0.05, 0) is 25.0 Å². The SMILES string of the molecule is C[C@H]1Cc2ccccc2N1C(=N)N=C(N)N. The first-order chi connectivity index (χ1) is 7.59. The van der Waals surface area contributed by atoms with E-state index in [0.29, 0.717) is 0 Å². The minimum Gasteiger partial charge on any atom is -0.370 e. The molecule has 0 radical (unpaired) electrons. The van der Waals surface area contributed by atoms with Crippen LogP contribution in [0.25, 0.3) is 0 Å². The molecule has 0 saturated heterocycles. The molecule has 0 spiro atoms. The van der Waals surface area contributed by atoms with E-state index in [4.69, 9.17) is 16.9 Å². The van der Waals surface area contributed by atoms with E-state index in [0.717, 1.165) is 12.1 Å². The van der Waals surface area contributed by atoms with Gasteiger partial charge in [-0.2, -0.15) is 4.99 Å². The minimum absolute atomic E-state index is 0.0819. The summed E-state index contributed by atoms with van der Waals surface area (Å²) in [7, 11) is 0. The number of rotatable bonds is 0. The second-order valence-electron chi connectivity index (χ2n) is 3.91. The van der Waals surface area contributed by atoms with E-state index in [1.54, 1.807) is 0 Å². The molecule has 0 saturated carbocycles. The molecule has 0 unspecified atom stereocenters. The van der Waals surface area contributed by atoms with E-state index in [-0.39, 0.29) is 18.0 Å². The molecule has 1 aliphatic rings. The van der Waals surface area contributed by atoms with Crippen LogP contribution in [0.3, 0.4) is 0 Å². The maximum Gasteiger partial charge on any atom is 0.225 e. The second kappa shape index (κ2) is 3.84. The van der Waals surface area contributed by atoms with Crippen molar-refractivity contribution in [3.8, 4) is 0 Å². The summed E-state index contributed by atoms with van der Waals surface area (Å²) >= 11 is 0. The van der Waals surface area contributed by atoms with Crippen molar-refractivity contribution >= 4 is 17.6 Å². The Labute approximate surface area is 94.3 Å². The maximum atomic E-state index is 7.86. The Kier molecular flexibility index (Phi) is 2.52. The van der Waals surface area contributed by atoms with Gasteiger partial charge in [-0.1, -0.05) is 18.2 Å². The number of fused-ring (bicyclic) bond motifs is 1.